The Morgan fingerprint density at radius 1 is 0.733 bits per heavy atom. The molecule has 1 heterocycles. The van der Waals surface area contributed by atoms with E-state index in [2.05, 4.69) is 0 Å². The molecule has 0 saturated carbocycles. The number of carbonyl (C=O) groups is 1. The van der Waals surface area contributed by atoms with Crippen molar-refractivity contribution in [3.05, 3.63) is 59.7 Å². The molecule has 0 aliphatic carbocycles. The number of rotatable bonds is 0. The first-order valence-corrected chi connectivity index (χ1v) is 5.86. The van der Waals surface area contributed by atoms with Crippen LogP contribution in [0.5, 0.6) is 0 Å². The monoisotopic (exact) mass is 208 g/mol. The van der Waals surface area contributed by atoms with E-state index in [1.807, 2.05) is 48.5 Å². The maximum atomic E-state index is 12.1. The second-order valence-electron chi connectivity index (χ2n) is 3.55. The zero-order valence-electron chi connectivity index (χ0n) is 8.03. The highest BCUT2D eigenvalue weighted by atomic mass is 28.2. The predicted molar refractivity (Wildman–Crippen MR) is 61.3 cm³/mol. The van der Waals surface area contributed by atoms with Crippen LogP contribution in [0.3, 0.4) is 0 Å². The molecular weight excluding hydrogens is 200 g/mol. The molecular formula is C13H8OSi. The van der Waals surface area contributed by atoms with Crippen LogP contribution in [0.1, 0.15) is 15.9 Å². The van der Waals surface area contributed by atoms with E-state index in [0.717, 1.165) is 11.1 Å². The van der Waals surface area contributed by atoms with Gasteiger partial charge in [-0.2, -0.15) is 0 Å². The Balaban J connectivity index is 2.24. The molecule has 2 radical (unpaired) electrons. The van der Waals surface area contributed by atoms with Crippen LogP contribution in [-0.4, -0.2) is 15.3 Å². The maximum Gasteiger partial charge on any atom is 0.192 e. The SMILES string of the molecule is O=C1c2ccccc2[Si]c2ccccc21. The first-order valence-electron chi connectivity index (χ1n) is 4.86. The summed E-state index contributed by atoms with van der Waals surface area (Å²) >= 11 is 0. The van der Waals surface area contributed by atoms with Gasteiger partial charge >= 0.3 is 0 Å². The standard InChI is InChI=1S/C13H8OSi/c14-13-9-5-1-3-7-11(9)15-12-8-4-2-6-10(12)13/h1-8H. The first kappa shape index (κ1) is 8.62. The van der Waals surface area contributed by atoms with Gasteiger partial charge in [0.2, 0.25) is 0 Å². The molecule has 0 N–H and O–H groups in total. The Morgan fingerprint density at radius 2 is 1.20 bits per heavy atom. The lowest BCUT2D eigenvalue weighted by Gasteiger charge is -2.16. The van der Waals surface area contributed by atoms with Gasteiger partial charge in [0, 0.05) is 11.1 Å². The number of hydrogen-bond acceptors (Lipinski definition) is 1. The third-order valence-electron chi connectivity index (χ3n) is 2.61. The fraction of sp³-hybridized carbons (Fsp3) is 0. The van der Waals surface area contributed by atoms with E-state index in [-0.39, 0.29) is 5.78 Å². The van der Waals surface area contributed by atoms with Gasteiger partial charge in [-0.3, -0.25) is 4.79 Å². The van der Waals surface area contributed by atoms with Gasteiger partial charge in [0.1, 0.15) is 9.52 Å². The van der Waals surface area contributed by atoms with Crippen LogP contribution in [0.15, 0.2) is 48.5 Å². The van der Waals surface area contributed by atoms with E-state index in [1.165, 1.54) is 10.4 Å². The average molecular weight is 208 g/mol. The van der Waals surface area contributed by atoms with Crippen molar-refractivity contribution in [3.63, 3.8) is 0 Å². The van der Waals surface area contributed by atoms with E-state index in [1.54, 1.807) is 0 Å². The highest BCUT2D eigenvalue weighted by Gasteiger charge is 2.22. The van der Waals surface area contributed by atoms with E-state index in [9.17, 15) is 4.79 Å². The molecule has 0 bridgehead atoms. The summed E-state index contributed by atoms with van der Waals surface area (Å²) in [6, 6.07) is 15.8. The van der Waals surface area contributed by atoms with Crippen molar-refractivity contribution in [2.75, 3.05) is 0 Å². The zero-order chi connectivity index (χ0) is 10.3. The van der Waals surface area contributed by atoms with Crippen molar-refractivity contribution >= 4 is 25.7 Å². The largest absolute Gasteiger partial charge is 0.289 e. The molecule has 2 aromatic carbocycles. The molecule has 15 heavy (non-hydrogen) atoms. The van der Waals surface area contributed by atoms with Gasteiger partial charge in [0.25, 0.3) is 0 Å². The van der Waals surface area contributed by atoms with E-state index in [4.69, 9.17) is 0 Å². The van der Waals surface area contributed by atoms with Crippen LogP contribution >= 0.6 is 0 Å². The molecule has 2 heteroatoms. The highest BCUT2D eigenvalue weighted by Crippen LogP contribution is 2.09. The minimum absolute atomic E-state index is 0.167. The summed E-state index contributed by atoms with van der Waals surface area (Å²) in [5, 5.41) is 2.34. The first-order chi connectivity index (χ1) is 7.36. The Hall–Kier alpha value is -1.67. The lowest BCUT2D eigenvalue weighted by molar-refractivity contribution is 0.104. The fourth-order valence-electron chi connectivity index (χ4n) is 1.87. The van der Waals surface area contributed by atoms with Gasteiger partial charge in [-0.1, -0.05) is 48.5 Å². The van der Waals surface area contributed by atoms with E-state index in [0.29, 0.717) is 9.52 Å². The third-order valence-corrected chi connectivity index (χ3v) is 4.02. The lowest BCUT2D eigenvalue weighted by Crippen LogP contribution is -2.40. The summed E-state index contributed by atoms with van der Waals surface area (Å²) in [5.74, 6) is 0.167. The van der Waals surface area contributed by atoms with Gasteiger partial charge < -0.3 is 0 Å². The van der Waals surface area contributed by atoms with Crippen molar-refractivity contribution in [3.8, 4) is 0 Å². The minimum Gasteiger partial charge on any atom is -0.289 e. The topological polar surface area (TPSA) is 17.1 Å². The molecule has 70 valence electrons. The van der Waals surface area contributed by atoms with Crippen LogP contribution in [0.2, 0.25) is 0 Å². The van der Waals surface area contributed by atoms with Crippen LogP contribution < -0.4 is 10.4 Å². The van der Waals surface area contributed by atoms with Crippen molar-refractivity contribution < 1.29 is 4.79 Å². The maximum absolute atomic E-state index is 12.1. The van der Waals surface area contributed by atoms with Crippen molar-refractivity contribution in [1.29, 1.82) is 0 Å². The molecule has 0 fully saturated rings. The van der Waals surface area contributed by atoms with Crippen LogP contribution in [0.4, 0.5) is 0 Å². The molecule has 1 aliphatic heterocycles. The molecule has 0 unspecified atom stereocenters. The lowest BCUT2D eigenvalue weighted by atomic mass is 10.0. The third kappa shape index (κ3) is 1.26. The quantitative estimate of drug-likeness (QED) is 0.501. The molecule has 0 amide bonds. The molecule has 3 rings (SSSR count). The zero-order valence-corrected chi connectivity index (χ0v) is 9.03. The van der Waals surface area contributed by atoms with E-state index >= 15 is 0 Å². The molecule has 1 nitrogen and oxygen atoms in total. The Labute approximate surface area is 90.6 Å². The second kappa shape index (κ2) is 3.17. The number of carbonyl (C=O) groups excluding carboxylic acids is 1. The van der Waals surface area contributed by atoms with Crippen molar-refractivity contribution in [1.82, 2.24) is 0 Å². The molecule has 2 aromatic rings. The van der Waals surface area contributed by atoms with Gasteiger partial charge in [-0.15, -0.1) is 0 Å². The normalized spacial score (nSPS) is 13.2. The molecule has 0 aromatic heterocycles. The fourth-order valence-corrected chi connectivity index (χ4v) is 3.18. The summed E-state index contributed by atoms with van der Waals surface area (Å²) in [7, 11) is 0.609. The number of ketones is 1. The van der Waals surface area contributed by atoms with E-state index < -0.39 is 0 Å². The number of hydrogen-bond donors (Lipinski definition) is 0. The van der Waals surface area contributed by atoms with Gasteiger partial charge in [0.15, 0.2) is 5.78 Å². The summed E-state index contributed by atoms with van der Waals surface area (Å²) in [4.78, 5) is 12.1. The number of benzene rings is 2. The number of fused-ring (bicyclic) bond motifs is 2. The average Bonchev–Trinajstić information content (AvgIpc) is 2.30. The van der Waals surface area contributed by atoms with Crippen molar-refractivity contribution in [2.45, 2.75) is 0 Å². The van der Waals surface area contributed by atoms with Crippen LogP contribution in [0, 0.1) is 0 Å². The Bertz CT molecular complexity index is 498. The molecule has 0 saturated heterocycles. The summed E-state index contributed by atoms with van der Waals surface area (Å²) in [5.41, 5.74) is 1.74. The van der Waals surface area contributed by atoms with Gasteiger partial charge in [-0.05, 0) is 10.4 Å². The molecule has 0 spiro atoms. The Morgan fingerprint density at radius 3 is 1.73 bits per heavy atom. The summed E-state index contributed by atoms with van der Waals surface area (Å²) in [6.07, 6.45) is 0. The predicted octanol–water partition coefficient (Wildman–Crippen LogP) is 0.886. The van der Waals surface area contributed by atoms with Crippen LogP contribution in [0.25, 0.3) is 0 Å². The van der Waals surface area contributed by atoms with Gasteiger partial charge in [-0.25, -0.2) is 0 Å². The summed E-state index contributed by atoms with van der Waals surface area (Å²) < 4.78 is 0. The summed E-state index contributed by atoms with van der Waals surface area (Å²) in [6.45, 7) is 0. The van der Waals surface area contributed by atoms with Crippen LogP contribution in [-0.2, 0) is 0 Å². The second-order valence-corrected chi connectivity index (χ2v) is 4.87. The van der Waals surface area contributed by atoms with Gasteiger partial charge in [0.05, 0.1) is 0 Å². The smallest absolute Gasteiger partial charge is 0.192 e. The molecule has 0 atom stereocenters. The molecule has 1 aliphatic rings. The Kier molecular flexibility index (Phi) is 1.82. The minimum atomic E-state index is 0.167. The highest BCUT2D eigenvalue weighted by molar-refractivity contribution is 6.72. The van der Waals surface area contributed by atoms with Crippen molar-refractivity contribution in [2.24, 2.45) is 0 Å².